The van der Waals surface area contributed by atoms with E-state index in [1.54, 1.807) is 0 Å². The van der Waals surface area contributed by atoms with Crippen molar-refractivity contribution in [3.8, 4) is 5.69 Å². The van der Waals surface area contributed by atoms with Crippen LogP contribution in [0.5, 0.6) is 0 Å². The molecule has 0 radical (unpaired) electrons. The lowest BCUT2D eigenvalue weighted by molar-refractivity contribution is 0.843. The Bertz CT molecular complexity index is 504. The standard InChI is InChI=1S/C11H11N3S/c12-9-2-1-3-10(4-9)14-11-7-15-6-8(11)5-13-14/h1-5H,6-7,12H2. The Morgan fingerprint density at radius 1 is 1.33 bits per heavy atom. The number of rotatable bonds is 1. The van der Waals surface area contributed by atoms with Gasteiger partial charge < -0.3 is 5.73 Å². The fraction of sp³-hybridized carbons (Fsp3) is 0.182. The van der Waals surface area contributed by atoms with E-state index in [1.165, 1.54) is 11.3 Å². The van der Waals surface area contributed by atoms with Crippen LogP contribution < -0.4 is 5.73 Å². The van der Waals surface area contributed by atoms with Crippen LogP contribution in [0.2, 0.25) is 0 Å². The summed E-state index contributed by atoms with van der Waals surface area (Å²) in [7, 11) is 0. The molecule has 4 heteroatoms. The first-order chi connectivity index (χ1) is 7.34. The summed E-state index contributed by atoms with van der Waals surface area (Å²) in [4.78, 5) is 0. The normalized spacial score (nSPS) is 14.1. The maximum atomic E-state index is 5.76. The fourth-order valence-corrected chi connectivity index (χ4v) is 2.88. The second kappa shape index (κ2) is 3.31. The van der Waals surface area contributed by atoms with Gasteiger partial charge in [-0.3, -0.25) is 0 Å². The number of nitrogens with two attached hydrogens (primary N) is 1. The molecule has 3 rings (SSSR count). The smallest absolute Gasteiger partial charge is 0.0669 e. The van der Waals surface area contributed by atoms with Crippen LogP contribution in [0.4, 0.5) is 5.69 Å². The third kappa shape index (κ3) is 1.41. The van der Waals surface area contributed by atoms with Gasteiger partial charge in [-0.2, -0.15) is 16.9 Å². The van der Waals surface area contributed by atoms with E-state index in [9.17, 15) is 0 Å². The lowest BCUT2D eigenvalue weighted by atomic mass is 10.2. The lowest BCUT2D eigenvalue weighted by Gasteiger charge is -2.05. The van der Waals surface area contributed by atoms with E-state index >= 15 is 0 Å². The number of fused-ring (bicyclic) bond motifs is 1. The first kappa shape index (κ1) is 8.85. The highest BCUT2D eigenvalue weighted by Gasteiger charge is 2.17. The molecule has 2 N–H and O–H groups in total. The molecule has 3 nitrogen and oxygen atoms in total. The summed E-state index contributed by atoms with van der Waals surface area (Å²) >= 11 is 1.93. The van der Waals surface area contributed by atoms with Crippen LogP contribution in [-0.4, -0.2) is 9.78 Å². The van der Waals surface area contributed by atoms with E-state index < -0.39 is 0 Å². The van der Waals surface area contributed by atoms with Gasteiger partial charge in [0.05, 0.1) is 17.6 Å². The molecule has 0 spiro atoms. The van der Waals surface area contributed by atoms with Gasteiger partial charge in [0, 0.05) is 22.8 Å². The Kier molecular flexibility index (Phi) is 1.95. The van der Waals surface area contributed by atoms with Crippen molar-refractivity contribution in [2.24, 2.45) is 0 Å². The average Bonchev–Trinajstić information content (AvgIpc) is 2.77. The Hall–Kier alpha value is -1.42. The van der Waals surface area contributed by atoms with Crippen molar-refractivity contribution in [1.29, 1.82) is 0 Å². The van der Waals surface area contributed by atoms with Gasteiger partial charge in [0.1, 0.15) is 0 Å². The minimum atomic E-state index is 0.780. The quantitative estimate of drug-likeness (QED) is 0.745. The first-order valence-corrected chi connectivity index (χ1v) is 5.99. The predicted molar refractivity (Wildman–Crippen MR) is 63.0 cm³/mol. The third-order valence-electron chi connectivity index (χ3n) is 2.57. The molecule has 1 aromatic heterocycles. The molecule has 2 heterocycles. The van der Waals surface area contributed by atoms with Crippen molar-refractivity contribution < 1.29 is 0 Å². The molecule has 0 fully saturated rings. The van der Waals surface area contributed by atoms with Gasteiger partial charge in [-0.05, 0) is 18.2 Å². The second-order valence-electron chi connectivity index (χ2n) is 3.62. The van der Waals surface area contributed by atoms with E-state index in [-0.39, 0.29) is 0 Å². The molecule has 1 aliphatic heterocycles. The van der Waals surface area contributed by atoms with Gasteiger partial charge >= 0.3 is 0 Å². The number of hydrogen-bond donors (Lipinski definition) is 1. The van der Waals surface area contributed by atoms with Crippen LogP contribution in [0.15, 0.2) is 30.5 Å². The van der Waals surface area contributed by atoms with Gasteiger partial charge in [0.25, 0.3) is 0 Å². The number of nitrogens with zero attached hydrogens (tertiary/aromatic N) is 2. The minimum absolute atomic E-state index is 0.780. The molecule has 2 aromatic rings. The summed E-state index contributed by atoms with van der Waals surface area (Å²) in [6.07, 6.45) is 1.96. The maximum Gasteiger partial charge on any atom is 0.0669 e. The molecule has 0 amide bonds. The zero-order valence-electron chi connectivity index (χ0n) is 8.18. The molecule has 0 aliphatic carbocycles. The lowest BCUT2D eigenvalue weighted by Crippen LogP contribution is -2.00. The van der Waals surface area contributed by atoms with Gasteiger partial charge in [0.15, 0.2) is 0 Å². The Labute approximate surface area is 92.3 Å². The number of aromatic nitrogens is 2. The summed E-state index contributed by atoms with van der Waals surface area (Å²) in [5, 5.41) is 4.40. The van der Waals surface area contributed by atoms with Gasteiger partial charge in [-0.1, -0.05) is 6.07 Å². The minimum Gasteiger partial charge on any atom is -0.399 e. The molecule has 0 unspecified atom stereocenters. The number of hydrogen-bond acceptors (Lipinski definition) is 3. The molecule has 0 saturated carbocycles. The van der Waals surface area contributed by atoms with Crippen molar-refractivity contribution in [3.05, 3.63) is 41.7 Å². The molecule has 15 heavy (non-hydrogen) atoms. The highest BCUT2D eigenvalue weighted by Crippen LogP contribution is 2.31. The van der Waals surface area contributed by atoms with E-state index in [4.69, 9.17) is 5.73 Å². The van der Waals surface area contributed by atoms with Crippen LogP contribution in [0, 0.1) is 0 Å². The fourth-order valence-electron chi connectivity index (χ4n) is 1.82. The number of anilines is 1. The Balaban J connectivity index is 2.13. The Morgan fingerprint density at radius 3 is 3.13 bits per heavy atom. The topological polar surface area (TPSA) is 43.8 Å². The first-order valence-electron chi connectivity index (χ1n) is 4.84. The zero-order chi connectivity index (χ0) is 10.3. The van der Waals surface area contributed by atoms with E-state index in [2.05, 4.69) is 5.10 Å². The second-order valence-corrected chi connectivity index (χ2v) is 4.60. The highest BCUT2D eigenvalue weighted by molar-refractivity contribution is 7.98. The van der Waals surface area contributed by atoms with Crippen molar-refractivity contribution in [1.82, 2.24) is 9.78 Å². The van der Waals surface area contributed by atoms with Crippen molar-refractivity contribution >= 4 is 17.4 Å². The maximum absolute atomic E-state index is 5.76. The molecule has 1 aromatic carbocycles. The van der Waals surface area contributed by atoms with Crippen LogP contribution in [0.3, 0.4) is 0 Å². The van der Waals surface area contributed by atoms with Gasteiger partial charge in [-0.15, -0.1) is 0 Å². The van der Waals surface area contributed by atoms with Crippen molar-refractivity contribution in [2.75, 3.05) is 5.73 Å². The molecule has 1 aliphatic rings. The predicted octanol–water partition coefficient (Wildman–Crippen LogP) is 2.20. The largest absolute Gasteiger partial charge is 0.399 e. The average molecular weight is 217 g/mol. The van der Waals surface area contributed by atoms with Crippen LogP contribution in [-0.2, 0) is 11.5 Å². The SMILES string of the molecule is Nc1cccc(-n2ncc3c2CSC3)c1. The molecular formula is C11H11N3S. The van der Waals surface area contributed by atoms with Crippen molar-refractivity contribution in [2.45, 2.75) is 11.5 Å². The number of thioether (sulfide) groups is 1. The Morgan fingerprint density at radius 2 is 2.27 bits per heavy atom. The highest BCUT2D eigenvalue weighted by atomic mass is 32.2. The van der Waals surface area contributed by atoms with Crippen molar-refractivity contribution in [3.63, 3.8) is 0 Å². The monoisotopic (exact) mass is 217 g/mol. The van der Waals surface area contributed by atoms with Crippen LogP contribution >= 0.6 is 11.8 Å². The summed E-state index contributed by atoms with van der Waals surface area (Å²) < 4.78 is 1.99. The molecule has 76 valence electrons. The number of benzene rings is 1. The summed E-state index contributed by atoms with van der Waals surface area (Å²) in [6.45, 7) is 0. The molecule has 0 saturated heterocycles. The summed E-state index contributed by atoms with van der Waals surface area (Å²) in [6, 6.07) is 7.84. The van der Waals surface area contributed by atoms with Crippen LogP contribution in [0.1, 0.15) is 11.3 Å². The van der Waals surface area contributed by atoms with Gasteiger partial charge in [0.2, 0.25) is 0 Å². The van der Waals surface area contributed by atoms with Crippen LogP contribution in [0.25, 0.3) is 5.69 Å². The van der Waals surface area contributed by atoms with E-state index in [0.29, 0.717) is 0 Å². The molecule has 0 atom stereocenters. The van der Waals surface area contributed by atoms with Gasteiger partial charge in [-0.25, -0.2) is 4.68 Å². The summed E-state index contributed by atoms with van der Waals surface area (Å²) in [5.74, 6) is 2.13. The van der Waals surface area contributed by atoms with E-state index in [0.717, 1.165) is 22.9 Å². The summed E-state index contributed by atoms with van der Waals surface area (Å²) in [5.41, 5.74) is 10.3. The zero-order valence-corrected chi connectivity index (χ0v) is 9.00. The third-order valence-corrected chi connectivity index (χ3v) is 3.56. The number of nitrogen functional groups attached to an aromatic ring is 1. The molecule has 0 bridgehead atoms. The van der Waals surface area contributed by atoms with E-state index in [1.807, 2.05) is 46.9 Å². The molecular weight excluding hydrogens is 206 g/mol.